The Balaban J connectivity index is -0.000000297. The normalized spacial score (nSPS) is 11.8. The number of unbranched alkanes of at least 4 members (excludes halogenated alkanes) is 2. The van der Waals surface area contributed by atoms with Gasteiger partial charge < -0.3 is 10.2 Å². The molecule has 0 spiro atoms. The van der Waals surface area contributed by atoms with Gasteiger partial charge in [0.25, 0.3) is 0 Å². The molecule has 0 fully saturated rings. The van der Waals surface area contributed by atoms with Gasteiger partial charge >= 0.3 is 37.2 Å². The number of hydrogen-bond acceptors (Lipinski definition) is 4. The number of aliphatic carboxylic acids is 2. The molecular weight excluding hydrogens is 384 g/mol. The molecule has 7 heteroatoms. The standard InChI is InChI=1S/2C8H16O2.Mo.2O/c2*1-3-5-6-7(4-2)8(9)10;;;/h2*7H,3-6H2,1-2H3,(H,9,10);;;. The molecule has 0 rings (SSSR count). The van der Waals surface area contributed by atoms with Gasteiger partial charge in [0.15, 0.2) is 0 Å². The Morgan fingerprint density at radius 3 is 1.17 bits per heavy atom. The van der Waals surface area contributed by atoms with Crippen molar-refractivity contribution in [2.75, 3.05) is 0 Å². The van der Waals surface area contributed by atoms with Crippen molar-refractivity contribution in [3.05, 3.63) is 0 Å². The van der Waals surface area contributed by atoms with Crippen molar-refractivity contribution >= 4 is 11.9 Å². The molecule has 138 valence electrons. The van der Waals surface area contributed by atoms with E-state index in [2.05, 4.69) is 13.8 Å². The molecule has 0 aromatic carbocycles. The Kier molecular flexibility index (Phi) is 25.0. The Hall–Kier alpha value is -0.772. The van der Waals surface area contributed by atoms with Crippen molar-refractivity contribution in [2.45, 2.75) is 79.1 Å². The maximum absolute atomic E-state index is 10.4. The van der Waals surface area contributed by atoms with Crippen molar-refractivity contribution in [1.29, 1.82) is 0 Å². The van der Waals surface area contributed by atoms with E-state index in [-0.39, 0.29) is 11.8 Å². The van der Waals surface area contributed by atoms with Crippen LogP contribution >= 0.6 is 0 Å². The number of hydrogen-bond donors (Lipinski definition) is 2. The van der Waals surface area contributed by atoms with Crippen LogP contribution in [0, 0.1) is 11.8 Å². The van der Waals surface area contributed by atoms with E-state index in [0.717, 1.165) is 51.4 Å². The van der Waals surface area contributed by atoms with Crippen LogP contribution in [0.5, 0.6) is 0 Å². The van der Waals surface area contributed by atoms with Crippen LogP contribution in [0.1, 0.15) is 79.1 Å². The van der Waals surface area contributed by atoms with Crippen LogP contribution in [0.25, 0.3) is 0 Å². The summed E-state index contributed by atoms with van der Waals surface area (Å²) in [6.45, 7) is 8.01. The van der Waals surface area contributed by atoms with Gasteiger partial charge in [-0.25, -0.2) is 0 Å². The molecule has 2 unspecified atom stereocenters. The van der Waals surface area contributed by atoms with Gasteiger partial charge in [0.2, 0.25) is 0 Å². The van der Waals surface area contributed by atoms with Gasteiger partial charge in [-0.15, -0.1) is 0 Å². The van der Waals surface area contributed by atoms with Crippen LogP contribution in [0.4, 0.5) is 0 Å². The van der Waals surface area contributed by atoms with Gasteiger partial charge in [0.1, 0.15) is 0 Å². The van der Waals surface area contributed by atoms with E-state index in [1.54, 1.807) is 0 Å². The fourth-order valence-electron chi connectivity index (χ4n) is 1.91. The molecule has 23 heavy (non-hydrogen) atoms. The van der Waals surface area contributed by atoms with Crippen molar-refractivity contribution in [2.24, 2.45) is 11.8 Å². The molecule has 0 heterocycles. The van der Waals surface area contributed by atoms with Gasteiger partial charge in [-0.05, 0) is 25.7 Å². The Morgan fingerprint density at radius 2 is 1.04 bits per heavy atom. The molecule has 0 saturated heterocycles. The molecule has 0 aromatic rings. The fraction of sp³-hybridized carbons (Fsp3) is 0.875. The van der Waals surface area contributed by atoms with Crippen molar-refractivity contribution in [3.63, 3.8) is 0 Å². The summed E-state index contributed by atoms with van der Waals surface area (Å²) < 4.78 is 17.0. The van der Waals surface area contributed by atoms with Crippen LogP contribution in [0.2, 0.25) is 0 Å². The van der Waals surface area contributed by atoms with E-state index in [9.17, 15) is 9.59 Å². The Labute approximate surface area is 148 Å². The minimum atomic E-state index is -2.03. The molecular formula is C16H32MoO6. The summed E-state index contributed by atoms with van der Waals surface area (Å²) in [6, 6.07) is 0. The Bertz CT molecular complexity index is 301. The SMILES string of the molecule is CCCCC(CC)C(=O)O.CCCCC(CC)C(=O)O.[O]=[Mo]=[O]. The van der Waals surface area contributed by atoms with E-state index < -0.39 is 30.4 Å². The van der Waals surface area contributed by atoms with Gasteiger partial charge in [-0.1, -0.05) is 53.4 Å². The van der Waals surface area contributed by atoms with Crippen LogP contribution in [0.3, 0.4) is 0 Å². The van der Waals surface area contributed by atoms with Crippen molar-refractivity contribution < 1.29 is 45.1 Å². The number of carboxylic acid groups (broad SMARTS) is 2. The van der Waals surface area contributed by atoms with Gasteiger partial charge in [-0.3, -0.25) is 9.59 Å². The average molecular weight is 416 g/mol. The summed E-state index contributed by atoms with van der Waals surface area (Å²) in [5.74, 6) is -1.51. The first-order valence-corrected chi connectivity index (χ1v) is 9.87. The second-order valence-corrected chi connectivity index (χ2v) is 5.57. The number of rotatable bonds is 10. The summed E-state index contributed by atoms with van der Waals surface area (Å²) in [7, 11) is 0. The van der Waals surface area contributed by atoms with E-state index in [1.165, 1.54) is 0 Å². The summed E-state index contributed by atoms with van der Waals surface area (Å²) in [4.78, 5) is 20.9. The summed E-state index contributed by atoms with van der Waals surface area (Å²) >= 11 is -2.03. The summed E-state index contributed by atoms with van der Waals surface area (Å²) in [6.07, 6.45) is 7.43. The van der Waals surface area contributed by atoms with Crippen LogP contribution in [-0.4, -0.2) is 22.2 Å². The molecule has 0 aliphatic carbocycles. The predicted octanol–water partition coefficient (Wildman–Crippen LogP) is 4.33. The fourth-order valence-corrected chi connectivity index (χ4v) is 1.91. The second kappa shape index (κ2) is 21.2. The molecule has 0 bridgehead atoms. The molecule has 6 nitrogen and oxygen atoms in total. The third-order valence-electron chi connectivity index (χ3n) is 3.50. The van der Waals surface area contributed by atoms with E-state index >= 15 is 0 Å². The zero-order valence-electron chi connectivity index (χ0n) is 14.7. The molecule has 0 saturated carbocycles. The van der Waals surface area contributed by atoms with E-state index in [4.69, 9.17) is 17.0 Å². The van der Waals surface area contributed by atoms with Gasteiger partial charge in [0.05, 0.1) is 11.8 Å². The molecule has 2 atom stereocenters. The third kappa shape index (κ3) is 21.2. The van der Waals surface area contributed by atoms with Crippen molar-refractivity contribution in [3.8, 4) is 0 Å². The monoisotopic (exact) mass is 418 g/mol. The van der Waals surface area contributed by atoms with Crippen LogP contribution < -0.4 is 0 Å². The van der Waals surface area contributed by atoms with Gasteiger partial charge in [-0.2, -0.15) is 0 Å². The average Bonchev–Trinajstić information content (AvgIpc) is 2.49. The molecule has 0 aromatic heterocycles. The predicted molar refractivity (Wildman–Crippen MR) is 83.3 cm³/mol. The third-order valence-corrected chi connectivity index (χ3v) is 3.50. The molecule has 0 radical (unpaired) electrons. The zero-order valence-corrected chi connectivity index (χ0v) is 16.8. The molecule has 2 N–H and O–H groups in total. The molecule has 0 aliphatic heterocycles. The van der Waals surface area contributed by atoms with Gasteiger partial charge in [0, 0.05) is 0 Å². The first-order valence-electron chi connectivity index (χ1n) is 8.23. The quantitative estimate of drug-likeness (QED) is 0.513. The van der Waals surface area contributed by atoms with Crippen molar-refractivity contribution in [1.82, 2.24) is 0 Å². The molecule has 0 aliphatic rings. The minimum absolute atomic E-state index is 0.111. The zero-order chi connectivity index (χ0) is 18.7. The molecule has 0 amide bonds. The first-order chi connectivity index (χ1) is 10.9. The second-order valence-electron chi connectivity index (χ2n) is 5.24. The van der Waals surface area contributed by atoms with E-state index in [1.807, 2.05) is 13.8 Å². The van der Waals surface area contributed by atoms with E-state index in [0.29, 0.717) is 0 Å². The number of carboxylic acids is 2. The summed E-state index contributed by atoms with van der Waals surface area (Å²) in [5.41, 5.74) is 0. The summed E-state index contributed by atoms with van der Waals surface area (Å²) in [5, 5.41) is 17.2. The topological polar surface area (TPSA) is 109 Å². The maximum atomic E-state index is 10.4. The number of carbonyl (C=O) groups is 2. The Morgan fingerprint density at radius 1 is 0.783 bits per heavy atom. The van der Waals surface area contributed by atoms with Crippen LogP contribution in [-0.2, 0) is 34.9 Å². The first kappa shape index (κ1) is 27.1. The van der Waals surface area contributed by atoms with Crippen LogP contribution in [0.15, 0.2) is 0 Å².